The zero-order valence-electron chi connectivity index (χ0n) is 10.7. The van der Waals surface area contributed by atoms with Gasteiger partial charge in [-0.3, -0.25) is 4.79 Å². The summed E-state index contributed by atoms with van der Waals surface area (Å²) in [5.41, 5.74) is 0. The summed E-state index contributed by atoms with van der Waals surface area (Å²) in [4.78, 5) is 23.1. The van der Waals surface area contributed by atoms with Crippen molar-refractivity contribution in [2.24, 2.45) is 5.92 Å². The molecule has 0 bridgehead atoms. The molecule has 1 saturated heterocycles. The van der Waals surface area contributed by atoms with E-state index in [0.29, 0.717) is 13.2 Å². The van der Waals surface area contributed by atoms with E-state index in [4.69, 9.17) is 9.47 Å². The summed E-state index contributed by atoms with van der Waals surface area (Å²) in [6.45, 7) is 6.54. The van der Waals surface area contributed by atoms with E-state index in [0.717, 1.165) is 12.8 Å². The molecule has 1 fully saturated rings. The minimum absolute atomic E-state index is 0.00827. The second-order valence-corrected chi connectivity index (χ2v) is 4.64. The van der Waals surface area contributed by atoms with Gasteiger partial charge in [-0.25, -0.2) is 4.79 Å². The molecule has 0 aromatic carbocycles. The van der Waals surface area contributed by atoms with Crippen LogP contribution in [0, 0.1) is 5.92 Å². The maximum absolute atomic E-state index is 11.6. The van der Waals surface area contributed by atoms with E-state index in [2.05, 4.69) is 5.32 Å². The highest BCUT2D eigenvalue weighted by Gasteiger charge is 2.22. The van der Waals surface area contributed by atoms with Crippen molar-refractivity contribution < 1.29 is 19.1 Å². The van der Waals surface area contributed by atoms with E-state index in [1.807, 2.05) is 13.8 Å². The Balaban J connectivity index is 2.30. The van der Waals surface area contributed by atoms with Crippen LogP contribution in [0.4, 0.5) is 4.79 Å². The van der Waals surface area contributed by atoms with Crippen LogP contribution in [0.1, 0.15) is 33.6 Å². The summed E-state index contributed by atoms with van der Waals surface area (Å²) in [5.74, 6) is -0.0812. The van der Waals surface area contributed by atoms with Gasteiger partial charge in [-0.05, 0) is 6.92 Å². The average molecular weight is 243 g/mol. The first-order chi connectivity index (χ1) is 8.00. The molecule has 1 rings (SSSR count). The van der Waals surface area contributed by atoms with Crippen LogP contribution in [0.15, 0.2) is 0 Å². The van der Waals surface area contributed by atoms with Crippen molar-refractivity contribution in [2.45, 2.75) is 45.8 Å². The van der Waals surface area contributed by atoms with Crippen molar-refractivity contribution in [1.29, 1.82) is 0 Å². The molecular formula is C12H21NO4. The van der Waals surface area contributed by atoms with Crippen LogP contribution in [0.25, 0.3) is 0 Å². The van der Waals surface area contributed by atoms with Gasteiger partial charge in [0.25, 0.3) is 0 Å². The van der Waals surface area contributed by atoms with E-state index in [9.17, 15) is 9.59 Å². The quantitative estimate of drug-likeness (QED) is 0.812. The number of hydrogen-bond acceptors (Lipinski definition) is 4. The van der Waals surface area contributed by atoms with E-state index in [1.165, 1.54) is 0 Å². The number of ether oxygens (including phenoxy) is 2. The largest absolute Gasteiger partial charge is 0.446 e. The van der Waals surface area contributed by atoms with Crippen molar-refractivity contribution in [2.75, 3.05) is 13.2 Å². The predicted octanol–water partition coefficient (Wildman–Crippen LogP) is 1.51. The third-order valence-electron chi connectivity index (χ3n) is 2.77. The predicted molar refractivity (Wildman–Crippen MR) is 62.8 cm³/mol. The van der Waals surface area contributed by atoms with Crippen LogP contribution in [0.5, 0.6) is 0 Å². The Morgan fingerprint density at radius 2 is 1.82 bits per heavy atom. The van der Waals surface area contributed by atoms with Gasteiger partial charge in [-0.15, -0.1) is 0 Å². The Bertz CT molecular complexity index is 272. The number of carbonyl (C=O) groups excluding carboxylic acids is 2. The third-order valence-corrected chi connectivity index (χ3v) is 2.77. The van der Waals surface area contributed by atoms with Crippen molar-refractivity contribution in [3.05, 3.63) is 0 Å². The normalized spacial score (nSPS) is 18.8. The summed E-state index contributed by atoms with van der Waals surface area (Å²) in [5, 5.41) is 2.56. The molecule has 1 amide bonds. The first-order valence-corrected chi connectivity index (χ1v) is 6.09. The molecular weight excluding hydrogens is 222 g/mol. The number of hydrogen-bond donors (Lipinski definition) is 1. The highest BCUT2D eigenvalue weighted by molar-refractivity contribution is 5.88. The molecule has 0 aromatic rings. The number of Topliss-reactive ketones (excluding diaryl/α,β-unsaturated/α-hetero) is 1. The Hall–Kier alpha value is -1.10. The number of alkyl carbamates (subject to hydrolysis) is 1. The lowest BCUT2D eigenvalue weighted by Gasteiger charge is -2.23. The molecule has 1 heterocycles. The van der Waals surface area contributed by atoms with Gasteiger partial charge < -0.3 is 14.8 Å². The molecule has 1 aliphatic rings. The standard InChI is InChI=1S/C12H21NO4/c1-8(2)11(14)9(3)13-12(15)17-10-4-6-16-7-5-10/h8-10H,4-7H2,1-3H3,(H,13,15)/t9-/m0/s1. The maximum atomic E-state index is 11.6. The fourth-order valence-electron chi connectivity index (χ4n) is 1.73. The Morgan fingerprint density at radius 3 is 2.35 bits per heavy atom. The highest BCUT2D eigenvalue weighted by Crippen LogP contribution is 2.10. The molecule has 1 aliphatic heterocycles. The van der Waals surface area contributed by atoms with Crippen molar-refractivity contribution >= 4 is 11.9 Å². The van der Waals surface area contributed by atoms with Gasteiger partial charge in [0, 0.05) is 18.8 Å². The van der Waals surface area contributed by atoms with Gasteiger partial charge in [0.05, 0.1) is 19.3 Å². The highest BCUT2D eigenvalue weighted by atomic mass is 16.6. The van der Waals surface area contributed by atoms with Gasteiger partial charge >= 0.3 is 6.09 Å². The molecule has 0 aromatic heterocycles. The fourth-order valence-corrected chi connectivity index (χ4v) is 1.73. The number of rotatable bonds is 4. The molecule has 98 valence electrons. The molecule has 0 radical (unpaired) electrons. The molecule has 0 unspecified atom stereocenters. The number of amides is 1. The smallest absolute Gasteiger partial charge is 0.407 e. The van der Waals surface area contributed by atoms with Gasteiger partial charge in [0.2, 0.25) is 0 Å². The lowest BCUT2D eigenvalue weighted by molar-refractivity contribution is -0.123. The Labute approximate surface area is 102 Å². The Morgan fingerprint density at radius 1 is 1.24 bits per heavy atom. The van der Waals surface area contributed by atoms with Gasteiger partial charge in [0.15, 0.2) is 5.78 Å². The Kier molecular flexibility index (Phi) is 5.41. The molecule has 0 saturated carbocycles. The minimum atomic E-state index is -0.515. The zero-order chi connectivity index (χ0) is 12.8. The van der Waals surface area contributed by atoms with Crippen LogP contribution < -0.4 is 5.32 Å². The number of carbonyl (C=O) groups is 2. The zero-order valence-corrected chi connectivity index (χ0v) is 10.7. The second kappa shape index (κ2) is 6.59. The van der Waals surface area contributed by atoms with Crippen molar-refractivity contribution in [1.82, 2.24) is 5.32 Å². The molecule has 1 N–H and O–H groups in total. The van der Waals surface area contributed by atoms with Crippen LogP contribution in [0.3, 0.4) is 0 Å². The average Bonchev–Trinajstić information content (AvgIpc) is 2.28. The van der Waals surface area contributed by atoms with Crippen LogP contribution in [0.2, 0.25) is 0 Å². The van der Waals surface area contributed by atoms with Crippen LogP contribution in [-0.2, 0) is 14.3 Å². The molecule has 1 atom stereocenters. The van der Waals surface area contributed by atoms with E-state index >= 15 is 0 Å². The van der Waals surface area contributed by atoms with E-state index in [-0.39, 0.29) is 17.8 Å². The van der Waals surface area contributed by atoms with E-state index < -0.39 is 12.1 Å². The van der Waals surface area contributed by atoms with E-state index in [1.54, 1.807) is 6.92 Å². The minimum Gasteiger partial charge on any atom is -0.446 e. The number of nitrogens with one attached hydrogen (secondary N) is 1. The molecule has 5 heteroatoms. The van der Waals surface area contributed by atoms with Crippen LogP contribution in [-0.4, -0.2) is 37.2 Å². The van der Waals surface area contributed by atoms with Crippen molar-refractivity contribution in [3.63, 3.8) is 0 Å². The van der Waals surface area contributed by atoms with Gasteiger partial charge in [-0.2, -0.15) is 0 Å². The molecule has 0 spiro atoms. The monoisotopic (exact) mass is 243 g/mol. The summed E-state index contributed by atoms with van der Waals surface area (Å²) in [6, 6.07) is -0.498. The molecule has 17 heavy (non-hydrogen) atoms. The molecule has 5 nitrogen and oxygen atoms in total. The van der Waals surface area contributed by atoms with Gasteiger partial charge in [0.1, 0.15) is 6.10 Å². The first kappa shape index (κ1) is 14.0. The van der Waals surface area contributed by atoms with Gasteiger partial charge in [-0.1, -0.05) is 13.8 Å². The van der Waals surface area contributed by atoms with Crippen LogP contribution >= 0.6 is 0 Å². The summed E-state index contributed by atoms with van der Waals surface area (Å²) < 4.78 is 10.4. The third kappa shape index (κ3) is 4.73. The van der Waals surface area contributed by atoms with Crippen molar-refractivity contribution in [3.8, 4) is 0 Å². The summed E-state index contributed by atoms with van der Waals surface area (Å²) in [6.07, 6.45) is 0.836. The SMILES string of the molecule is CC(C)C(=O)[C@H](C)NC(=O)OC1CCOCC1. The summed E-state index contributed by atoms with van der Waals surface area (Å²) in [7, 11) is 0. The fraction of sp³-hybridized carbons (Fsp3) is 0.833. The lowest BCUT2D eigenvalue weighted by Crippen LogP contribution is -2.42. The summed E-state index contributed by atoms with van der Waals surface area (Å²) >= 11 is 0. The number of ketones is 1. The first-order valence-electron chi connectivity index (χ1n) is 6.09. The molecule has 0 aliphatic carbocycles. The second-order valence-electron chi connectivity index (χ2n) is 4.64. The maximum Gasteiger partial charge on any atom is 0.407 e. The topological polar surface area (TPSA) is 64.6 Å². The lowest BCUT2D eigenvalue weighted by atomic mass is 10.0.